The number of carbonyl (C=O) groups is 1. The normalized spacial score (nSPS) is 16.3. The smallest absolute Gasteiger partial charge is 0.240 e. The number of fused-ring (bicyclic) bond motifs is 1. The fraction of sp³-hybridized carbons (Fsp3) is 0.316. The highest BCUT2D eigenvalue weighted by Crippen LogP contribution is 2.27. The SMILES string of the molecule is O=C1c2ccccc2OC1CNCCCCNS(=O)(=O)c1ccccc1. The zero-order valence-corrected chi connectivity index (χ0v) is 15.2. The largest absolute Gasteiger partial charge is 0.480 e. The van der Waals surface area contributed by atoms with Crippen LogP contribution in [0.1, 0.15) is 23.2 Å². The third kappa shape index (κ3) is 4.49. The monoisotopic (exact) mass is 374 g/mol. The van der Waals surface area contributed by atoms with Gasteiger partial charge in [-0.25, -0.2) is 13.1 Å². The number of hydrogen-bond acceptors (Lipinski definition) is 5. The van der Waals surface area contributed by atoms with Crippen molar-refractivity contribution in [2.75, 3.05) is 19.6 Å². The first-order valence-electron chi connectivity index (χ1n) is 8.63. The van der Waals surface area contributed by atoms with Crippen LogP contribution in [0.2, 0.25) is 0 Å². The quantitative estimate of drug-likeness (QED) is 0.656. The van der Waals surface area contributed by atoms with Crippen molar-refractivity contribution >= 4 is 15.8 Å². The van der Waals surface area contributed by atoms with Gasteiger partial charge in [0.15, 0.2) is 6.10 Å². The molecule has 0 spiro atoms. The molecule has 6 nitrogen and oxygen atoms in total. The Kier molecular flexibility index (Phi) is 6.03. The highest BCUT2D eigenvalue weighted by atomic mass is 32.2. The molecule has 1 aliphatic rings. The van der Waals surface area contributed by atoms with Crippen LogP contribution < -0.4 is 14.8 Å². The van der Waals surface area contributed by atoms with E-state index in [1.807, 2.05) is 12.1 Å². The highest BCUT2D eigenvalue weighted by Gasteiger charge is 2.31. The lowest BCUT2D eigenvalue weighted by Gasteiger charge is -2.11. The first-order valence-corrected chi connectivity index (χ1v) is 10.1. The van der Waals surface area contributed by atoms with Crippen LogP contribution in [0.4, 0.5) is 0 Å². The number of rotatable bonds is 9. The molecule has 3 rings (SSSR count). The van der Waals surface area contributed by atoms with E-state index < -0.39 is 16.1 Å². The fourth-order valence-corrected chi connectivity index (χ4v) is 3.88. The van der Waals surface area contributed by atoms with Crippen LogP contribution in [0.25, 0.3) is 0 Å². The predicted octanol–water partition coefficient (Wildman–Crippen LogP) is 1.98. The van der Waals surface area contributed by atoms with E-state index in [0.717, 1.165) is 6.42 Å². The first kappa shape index (κ1) is 18.6. The van der Waals surface area contributed by atoms with Crippen LogP contribution in [0, 0.1) is 0 Å². The molecule has 0 saturated carbocycles. The number of Topliss-reactive ketones (excluding diaryl/α,β-unsaturated/α-hetero) is 1. The van der Waals surface area contributed by atoms with Gasteiger partial charge in [-0.1, -0.05) is 30.3 Å². The number of ether oxygens (including phenoxy) is 1. The Morgan fingerprint density at radius 1 is 0.923 bits per heavy atom. The van der Waals surface area contributed by atoms with Gasteiger partial charge in [-0.05, 0) is 43.7 Å². The molecule has 0 amide bonds. The Bertz CT molecular complexity index is 853. The molecule has 1 heterocycles. The Morgan fingerprint density at radius 2 is 1.62 bits per heavy atom. The zero-order chi connectivity index (χ0) is 18.4. The van der Waals surface area contributed by atoms with Crippen molar-refractivity contribution in [2.45, 2.75) is 23.8 Å². The van der Waals surface area contributed by atoms with Gasteiger partial charge in [0.1, 0.15) is 5.75 Å². The lowest BCUT2D eigenvalue weighted by atomic mass is 10.1. The van der Waals surface area contributed by atoms with Crippen molar-refractivity contribution < 1.29 is 17.9 Å². The molecule has 0 bridgehead atoms. The molecular formula is C19H22N2O4S. The maximum atomic E-state index is 12.2. The number of para-hydroxylation sites is 1. The number of ketones is 1. The number of carbonyl (C=O) groups excluding carboxylic acids is 1. The molecule has 0 fully saturated rings. The summed E-state index contributed by atoms with van der Waals surface area (Å²) >= 11 is 0. The van der Waals surface area contributed by atoms with Gasteiger partial charge in [-0.3, -0.25) is 4.79 Å². The maximum absolute atomic E-state index is 12.2. The van der Waals surface area contributed by atoms with E-state index in [9.17, 15) is 13.2 Å². The van der Waals surface area contributed by atoms with E-state index in [0.29, 0.717) is 37.4 Å². The predicted molar refractivity (Wildman–Crippen MR) is 98.9 cm³/mol. The number of sulfonamides is 1. The van der Waals surface area contributed by atoms with Gasteiger partial charge in [0.25, 0.3) is 0 Å². The van der Waals surface area contributed by atoms with Gasteiger partial charge < -0.3 is 10.1 Å². The van der Waals surface area contributed by atoms with Crippen LogP contribution in [0.15, 0.2) is 59.5 Å². The van der Waals surface area contributed by atoms with E-state index in [4.69, 9.17) is 4.74 Å². The zero-order valence-electron chi connectivity index (χ0n) is 14.4. The average molecular weight is 374 g/mol. The highest BCUT2D eigenvalue weighted by molar-refractivity contribution is 7.89. The maximum Gasteiger partial charge on any atom is 0.240 e. The molecular weight excluding hydrogens is 352 g/mol. The average Bonchev–Trinajstić information content (AvgIpc) is 2.98. The summed E-state index contributed by atoms with van der Waals surface area (Å²) in [7, 11) is -3.44. The molecule has 2 aromatic rings. The fourth-order valence-electron chi connectivity index (χ4n) is 2.79. The summed E-state index contributed by atoms with van der Waals surface area (Å²) in [6.07, 6.45) is 1.02. The second-order valence-electron chi connectivity index (χ2n) is 6.09. The molecule has 0 aliphatic carbocycles. The Morgan fingerprint density at radius 3 is 2.38 bits per heavy atom. The van der Waals surface area contributed by atoms with Crippen molar-refractivity contribution in [3.63, 3.8) is 0 Å². The van der Waals surface area contributed by atoms with Crippen molar-refractivity contribution in [1.82, 2.24) is 10.0 Å². The lowest BCUT2D eigenvalue weighted by Crippen LogP contribution is -2.34. The lowest BCUT2D eigenvalue weighted by molar-refractivity contribution is 0.0857. The van der Waals surface area contributed by atoms with E-state index in [2.05, 4.69) is 10.0 Å². The Balaban J connectivity index is 1.32. The minimum atomic E-state index is -3.44. The Hall–Kier alpha value is -2.22. The molecule has 2 aromatic carbocycles. The van der Waals surface area contributed by atoms with Gasteiger partial charge >= 0.3 is 0 Å². The van der Waals surface area contributed by atoms with E-state index >= 15 is 0 Å². The number of hydrogen-bond donors (Lipinski definition) is 2. The van der Waals surface area contributed by atoms with Crippen molar-refractivity contribution in [2.24, 2.45) is 0 Å². The third-order valence-corrected chi connectivity index (χ3v) is 5.65. The molecule has 2 N–H and O–H groups in total. The van der Waals surface area contributed by atoms with E-state index in [1.54, 1.807) is 42.5 Å². The number of nitrogens with one attached hydrogen (secondary N) is 2. The molecule has 0 saturated heterocycles. The molecule has 0 radical (unpaired) electrons. The summed E-state index contributed by atoms with van der Waals surface area (Å²) in [6, 6.07) is 15.6. The molecule has 0 aromatic heterocycles. The topological polar surface area (TPSA) is 84.5 Å². The van der Waals surface area contributed by atoms with Crippen molar-refractivity contribution in [1.29, 1.82) is 0 Å². The summed E-state index contributed by atoms with van der Waals surface area (Å²) in [5.41, 5.74) is 0.634. The summed E-state index contributed by atoms with van der Waals surface area (Å²) in [5.74, 6) is 0.642. The molecule has 1 atom stereocenters. The van der Waals surface area contributed by atoms with E-state index in [-0.39, 0.29) is 10.7 Å². The van der Waals surface area contributed by atoms with Crippen LogP contribution in [-0.2, 0) is 10.0 Å². The van der Waals surface area contributed by atoms with Crippen LogP contribution in [0.5, 0.6) is 5.75 Å². The van der Waals surface area contributed by atoms with Gasteiger partial charge in [0, 0.05) is 13.1 Å². The second-order valence-corrected chi connectivity index (χ2v) is 7.86. The summed E-state index contributed by atoms with van der Waals surface area (Å²) in [5, 5.41) is 3.20. The minimum Gasteiger partial charge on any atom is -0.480 e. The molecule has 138 valence electrons. The van der Waals surface area contributed by atoms with Gasteiger partial charge in [-0.15, -0.1) is 0 Å². The standard InChI is InChI=1S/C19H22N2O4S/c22-19-16-10-4-5-11-17(16)25-18(19)14-20-12-6-7-13-21-26(23,24)15-8-2-1-3-9-15/h1-5,8-11,18,20-21H,6-7,12-14H2. The summed E-state index contributed by atoms with van der Waals surface area (Å²) < 4.78 is 32.3. The Labute approximate surface area is 153 Å². The van der Waals surface area contributed by atoms with Gasteiger partial charge in [0.2, 0.25) is 15.8 Å². The van der Waals surface area contributed by atoms with Gasteiger partial charge in [-0.2, -0.15) is 0 Å². The third-order valence-electron chi connectivity index (χ3n) is 4.17. The van der Waals surface area contributed by atoms with Crippen LogP contribution in [0.3, 0.4) is 0 Å². The van der Waals surface area contributed by atoms with Crippen molar-refractivity contribution in [3.05, 3.63) is 60.2 Å². The second kappa shape index (κ2) is 8.44. The minimum absolute atomic E-state index is 0.00345. The van der Waals surface area contributed by atoms with Crippen molar-refractivity contribution in [3.8, 4) is 5.75 Å². The molecule has 26 heavy (non-hydrogen) atoms. The summed E-state index contributed by atoms with van der Waals surface area (Å²) in [4.78, 5) is 12.4. The molecule has 1 unspecified atom stereocenters. The first-order chi connectivity index (χ1) is 12.6. The van der Waals surface area contributed by atoms with Crippen LogP contribution in [-0.4, -0.2) is 39.9 Å². The molecule has 1 aliphatic heterocycles. The number of unbranched alkanes of at least 4 members (excludes halogenated alkanes) is 1. The number of benzene rings is 2. The van der Waals surface area contributed by atoms with Crippen LogP contribution >= 0.6 is 0 Å². The summed E-state index contributed by atoms with van der Waals surface area (Å²) in [6.45, 7) is 1.52. The van der Waals surface area contributed by atoms with Gasteiger partial charge in [0.05, 0.1) is 10.5 Å². The van der Waals surface area contributed by atoms with E-state index in [1.165, 1.54) is 0 Å². The molecule has 7 heteroatoms.